The molecule has 0 spiro atoms. The average molecular weight is 219 g/mol. The molecule has 2 aromatic rings. The molecule has 0 saturated carbocycles. The number of hydrogen-bond acceptors (Lipinski definition) is 5. The van der Waals surface area contributed by atoms with Crippen LogP contribution < -0.4 is 15.2 Å². The number of nitrogens with two attached hydrogens (primary N) is 1. The SMILES string of the molecule is COc1cc2nc(C)nc(N)c2cc1OC. The molecule has 1 aromatic carbocycles. The molecule has 0 aliphatic carbocycles. The van der Waals surface area contributed by atoms with E-state index in [1.165, 1.54) is 0 Å². The fraction of sp³-hybridized carbons (Fsp3) is 0.273. The number of aryl methyl sites for hydroxylation is 1. The van der Waals surface area contributed by atoms with Gasteiger partial charge in [0, 0.05) is 11.5 Å². The van der Waals surface area contributed by atoms with Crippen LogP contribution >= 0.6 is 0 Å². The standard InChI is InChI=1S/C11H13N3O2/c1-6-13-8-5-10(16-3)9(15-2)4-7(8)11(12)14-6/h4-5H,1-3H3,(H2,12,13,14). The van der Waals surface area contributed by atoms with Gasteiger partial charge in [-0.15, -0.1) is 0 Å². The van der Waals surface area contributed by atoms with Crippen molar-refractivity contribution in [1.29, 1.82) is 0 Å². The summed E-state index contributed by atoms with van der Waals surface area (Å²) in [5.74, 6) is 2.34. The van der Waals surface area contributed by atoms with Gasteiger partial charge < -0.3 is 15.2 Å². The lowest BCUT2D eigenvalue weighted by Crippen LogP contribution is -1.99. The molecule has 0 atom stereocenters. The number of methoxy groups -OCH3 is 2. The van der Waals surface area contributed by atoms with Crippen LogP contribution in [0.4, 0.5) is 5.82 Å². The Labute approximate surface area is 93.2 Å². The summed E-state index contributed by atoms with van der Waals surface area (Å²) in [7, 11) is 3.16. The van der Waals surface area contributed by atoms with Crippen LogP contribution in [0.15, 0.2) is 12.1 Å². The van der Waals surface area contributed by atoms with Crippen LogP contribution in [0.1, 0.15) is 5.82 Å². The highest BCUT2D eigenvalue weighted by atomic mass is 16.5. The Bertz CT molecular complexity index is 540. The largest absolute Gasteiger partial charge is 0.493 e. The number of hydrogen-bond donors (Lipinski definition) is 1. The second kappa shape index (κ2) is 3.84. The Hall–Kier alpha value is -2.04. The lowest BCUT2D eigenvalue weighted by atomic mass is 10.2. The molecule has 0 aliphatic rings. The summed E-state index contributed by atoms with van der Waals surface area (Å²) < 4.78 is 10.4. The molecule has 0 fully saturated rings. The zero-order chi connectivity index (χ0) is 11.7. The number of aromatic nitrogens is 2. The summed E-state index contributed by atoms with van der Waals surface area (Å²) in [4.78, 5) is 8.40. The molecule has 0 amide bonds. The van der Waals surface area contributed by atoms with Gasteiger partial charge in [0.15, 0.2) is 11.5 Å². The van der Waals surface area contributed by atoms with Gasteiger partial charge in [0.25, 0.3) is 0 Å². The smallest absolute Gasteiger partial charge is 0.162 e. The zero-order valence-electron chi connectivity index (χ0n) is 9.44. The van der Waals surface area contributed by atoms with E-state index in [0.29, 0.717) is 23.1 Å². The molecule has 0 radical (unpaired) electrons. The van der Waals surface area contributed by atoms with Gasteiger partial charge in [-0.1, -0.05) is 0 Å². The van der Waals surface area contributed by atoms with Crippen LogP contribution in [-0.2, 0) is 0 Å². The van der Waals surface area contributed by atoms with Crippen LogP contribution in [0.5, 0.6) is 11.5 Å². The highest BCUT2D eigenvalue weighted by molar-refractivity contribution is 5.90. The first kappa shape index (κ1) is 10.5. The van der Waals surface area contributed by atoms with Crippen molar-refractivity contribution in [2.24, 2.45) is 0 Å². The first-order valence-corrected chi connectivity index (χ1v) is 4.81. The van der Waals surface area contributed by atoms with E-state index in [-0.39, 0.29) is 0 Å². The summed E-state index contributed by atoms with van der Waals surface area (Å²) in [6.07, 6.45) is 0. The maximum atomic E-state index is 5.82. The summed E-state index contributed by atoms with van der Waals surface area (Å²) in [6.45, 7) is 1.80. The van der Waals surface area contributed by atoms with E-state index in [9.17, 15) is 0 Å². The quantitative estimate of drug-likeness (QED) is 0.829. The monoisotopic (exact) mass is 219 g/mol. The lowest BCUT2D eigenvalue weighted by Gasteiger charge is -2.09. The first-order chi connectivity index (χ1) is 7.65. The van der Waals surface area contributed by atoms with E-state index in [0.717, 1.165) is 10.9 Å². The van der Waals surface area contributed by atoms with Crippen LogP contribution in [0.25, 0.3) is 10.9 Å². The van der Waals surface area contributed by atoms with Crippen molar-refractivity contribution < 1.29 is 9.47 Å². The van der Waals surface area contributed by atoms with E-state index >= 15 is 0 Å². The molecule has 2 N–H and O–H groups in total. The van der Waals surface area contributed by atoms with Crippen molar-refractivity contribution in [3.8, 4) is 11.5 Å². The second-order valence-electron chi connectivity index (χ2n) is 3.38. The number of nitrogens with zero attached hydrogens (tertiary/aromatic N) is 2. The minimum atomic E-state index is 0.448. The zero-order valence-corrected chi connectivity index (χ0v) is 9.44. The number of fused-ring (bicyclic) bond motifs is 1. The molecule has 5 heteroatoms. The Morgan fingerprint density at radius 1 is 1.06 bits per heavy atom. The van der Waals surface area contributed by atoms with Gasteiger partial charge >= 0.3 is 0 Å². The highest BCUT2D eigenvalue weighted by Crippen LogP contribution is 2.32. The summed E-state index contributed by atoms with van der Waals surface area (Å²) in [5.41, 5.74) is 6.58. The summed E-state index contributed by atoms with van der Waals surface area (Å²) in [5, 5.41) is 0.767. The van der Waals surface area contributed by atoms with Crippen LogP contribution in [0.2, 0.25) is 0 Å². The number of ether oxygens (including phenoxy) is 2. The van der Waals surface area contributed by atoms with E-state index in [4.69, 9.17) is 15.2 Å². The van der Waals surface area contributed by atoms with Crippen molar-refractivity contribution in [1.82, 2.24) is 9.97 Å². The molecule has 0 aliphatic heterocycles. The molecule has 2 rings (SSSR count). The molecule has 84 valence electrons. The normalized spacial score (nSPS) is 10.4. The summed E-state index contributed by atoms with van der Waals surface area (Å²) >= 11 is 0. The number of rotatable bonds is 2. The minimum absolute atomic E-state index is 0.448. The molecule has 1 heterocycles. The average Bonchev–Trinajstić information content (AvgIpc) is 2.27. The van der Waals surface area contributed by atoms with Crippen LogP contribution in [0.3, 0.4) is 0 Å². The Kier molecular flexibility index (Phi) is 2.52. The fourth-order valence-corrected chi connectivity index (χ4v) is 1.60. The van der Waals surface area contributed by atoms with Crippen molar-refractivity contribution in [2.75, 3.05) is 20.0 Å². The van der Waals surface area contributed by atoms with Gasteiger partial charge in [0.1, 0.15) is 11.6 Å². The van der Waals surface area contributed by atoms with Gasteiger partial charge in [0.2, 0.25) is 0 Å². The molecule has 0 bridgehead atoms. The third-order valence-electron chi connectivity index (χ3n) is 2.34. The second-order valence-corrected chi connectivity index (χ2v) is 3.38. The van der Waals surface area contributed by atoms with Crippen LogP contribution in [0, 0.1) is 6.92 Å². The van der Waals surface area contributed by atoms with Crippen molar-refractivity contribution >= 4 is 16.7 Å². The van der Waals surface area contributed by atoms with Gasteiger partial charge in [0.05, 0.1) is 19.7 Å². The topological polar surface area (TPSA) is 70.3 Å². The third kappa shape index (κ3) is 1.60. The van der Waals surface area contributed by atoms with Gasteiger partial charge in [-0.3, -0.25) is 0 Å². The maximum Gasteiger partial charge on any atom is 0.162 e. The predicted molar refractivity (Wildman–Crippen MR) is 61.8 cm³/mol. The Morgan fingerprint density at radius 3 is 2.31 bits per heavy atom. The molecular formula is C11H13N3O2. The van der Waals surface area contributed by atoms with Crippen LogP contribution in [-0.4, -0.2) is 24.2 Å². The Morgan fingerprint density at radius 2 is 1.69 bits per heavy atom. The number of nitrogen functional groups attached to an aromatic ring is 1. The molecule has 0 unspecified atom stereocenters. The number of anilines is 1. The molecule has 0 saturated heterocycles. The third-order valence-corrected chi connectivity index (χ3v) is 2.34. The summed E-state index contributed by atoms with van der Waals surface area (Å²) in [6, 6.07) is 3.57. The lowest BCUT2D eigenvalue weighted by molar-refractivity contribution is 0.356. The minimum Gasteiger partial charge on any atom is -0.493 e. The highest BCUT2D eigenvalue weighted by Gasteiger charge is 2.09. The van der Waals surface area contributed by atoms with E-state index in [1.54, 1.807) is 33.3 Å². The first-order valence-electron chi connectivity index (χ1n) is 4.81. The van der Waals surface area contributed by atoms with Gasteiger partial charge in [-0.2, -0.15) is 0 Å². The number of benzene rings is 1. The van der Waals surface area contributed by atoms with Crippen molar-refractivity contribution in [2.45, 2.75) is 6.92 Å². The van der Waals surface area contributed by atoms with Gasteiger partial charge in [-0.05, 0) is 13.0 Å². The molecule has 16 heavy (non-hydrogen) atoms. The fourth-order valence-electron chi connectivity index (χ4n) is 1.60. The van der Waals surface area contributed by atoms with E-state index in [1.807, 2.05) is 0 Å². The van der Waals surface area contributed by atoms with E-state index in [2.05, 4.69) is 9.97 Å². The van der Waals surface area contributed by atoms with E-state index < -0.39 is 0 Å². The Balaban J connectivity index is 2.78. The molecule has 5 nitrogen and oxygen atoms in total. The predicted octanol–water partition coefficient (Wildman–Crippen LogP) is 1.54. The van der Waals surface area contributed by atoms with Crippen molar-refractivity contribution in [3.05, 3.63) is 18.0 Å². The van der Waals surface area contributed by atoms with Gasteiger partial charge in [-0.25, -0.2) is 9.97 Å². The molecule has 1 aromatic heterocycles. The van der Waals surface area contributed by atoms with Crippen molar-refractivity contribution in [3.63, 3.8) is 0 Å². The maximum absolute atomic E-state index is 5.82. The molecular weight excluding hydrogens is 206 g/mol.